The van der Waals surface area contributed by atoms with Crippen molar-refractivity contribution >= 4 is 17.0 Å². The molecule has 0 bridgehead atoms. The fourth-order valence-corrected chi connectivity index (χ4v) is 3.55. The zero-order chi connectivity index (χ0) is 19.4. The maximum atomic E-state index is 12.7. The number of carbonyl (C=O) groups excluding carboxylic acids is 1. The summed E-state index contributed by atoms with van der Waals surface area (Å²) < 4.78 is 10.7. The lowest BCUT2D eigenvalue weighted by molar-refractivity contribution is 0.0124. The largest absolute Gasteiger partial charge is 0.379 e. The molecule has 1 unspecified atom stereocenters. The van der Waals surface area contributed by atoms with Gasteiger partial charge in [-0.3, -0.25) is 9.69 Å². The van der Waals surface area contributed by atoms with Crippen molar-refractivity contribution in [2.24, 2.45) is 5.92 Å². The highest BCUT2D eigenvalue weighted by atomic mass is 16.5. The number of carbonyl (C=O) groups is 1. The Bertz CT molecular complexity index is 766. The Hall–Kier alpha value is -1.99. The van der Waals surface area contributed by atoms with E-state index in [1.165, 1.54) is 0 Å². The maximum Gasteiger partial charge on any atom is 0.257 e. The second kappa shape index (κ2) is 8.80. The van der Waals surface area contributed by atoms with Crippen LogP contribution in [0.15, 0.2) is 16.8 Å². The first kappa shape index (κ1) is 19.8. The van der Waals surface area contributed by atoms with Crippen LogP contribution in [-0.2, 0) is 4.74 Å². The third kappa shape index (κ3) is 4.84. The molecule has 1 aliphatic rings. The van der Waals surface area contributed by atoms with Gasteiger partial charge < -0.3 is 14.6 Å². The molecule has 0 aromatic carbocycles. The minimum Gasteiger partial charge on any atom is -0.379 e. The maximum absolute atomic E-state index is 12.7. The predicted molar refractivity (Wildman–Crippen MR) is 104 cm³/mol. The summed E-state index contributed by atoms with van der Waals surface area (Å²) in [7, 11) is 0. The van der Waals surface area contributed by atoms with E-state index in [2.05, 4.69) is 34.2 Å². The highest BCUT2D eigenvalue weighted by Crippen LogP contribution is 2.24. The lowest BCUT2D eigenvalue weighted by atomic mass is 10.0. The number of morpholine rings is 1. The average molecular weight is 374 g/mol. The van der Waals surface area contributed by atoms with Gasteiger partial charge in [0.2, 0.25) is 0 Å². The van der Waals surface area contributed by atoms with Crippen LogP contribution in [0.4, 0.5) is 0 Å². The molecule has 1 amide bonds. The monoisotopic (exact) mass is 374 g/mol. The van der Waals surface area contributed by atoms with Gasteiger partial charge in [-0.05, 0) is 24.3 Å². The fourth-order valence-electron chi connectivity index (χ4n) is 3.55. The average Bonchev–Trinajstić information content (AvgIpc) is 3.08. The lowest BCUT2D eigenvalue weighted by Crippen LogP contribution is -2.49. The topological polar surface area (TPSA) is 80.5 Å². The molecule has 1 N–H and O–H groups in total. The zero-order valence-corrected chi connectivity index (χ0v) is 16.7. The number of hydrogen-bond donors (Lipinski definition) is 1. The van der Waals surface area contributed by atoms with Crippen LogP contribution in [0, 0.1) is 5.92 Å². The van der Waals surface area contributed by atoms with E-state index in [4.69, 9.17) is 9.26 Å². The summed E-state index contributed by atoms with van der Waals surface area (Å²) in [4.78, 5) is 19.4. The molecule has 2 aromatic rings. The molecule has 1 aliphatic heterocycles. The molecular weight excluding hydrogens is 344 g/mol. The number of ether oxygens (including phenoxy) is 1. The van der Waals surface area contributed by atoms with Crippen LogP contribution in [-0.4, -0.2) is 59.8 Å². The third-order valence-electron chi connectivity index (χ3n) is 4.97. The summed E-state index contributed by atoms with van der Waals surface area (Å²) in [5.41, 5.74) is 1.84. The van der Waals surface area contributed by atoms with Crippen molar-refractivity contribution in [2.75, 3.05) is 32.8 Å². The predicted octanol–water partition coefficient (Wildman–Crippen LogP) is 2.82. The lowest BCUT2D eigenvalue weighted by Gasteiger charge is -2.35. The van der Waals surface area contributed by atoms with E-state index in [9.17, 15) is 4.79 Å². The molecule has 7 heteroatoms. The smallest absolute Gasteiger partial charge is 0.257 e. The summed E-state index contributed by atoms with van der Waals surface area (Å²) >= 11 is 0. The Labute approximate surface area is 160 Å². The molecule has 27 heavy (non-hydrogen) atoms. The summed E-state index contributed by atoms with van der Waals surface area (Å²) in [6.45, 7) is 12.5. The van der Waals surface area contributed by atoms with Crippen LogP contribution in [0.2, 0.25) is 0 Å². The highest BCUT2D eigenvalue weighted by molar-refractivity contribution is 5.97. The standard InChI is InChI=1S/C20H30N4O3/c1-13(2)9-16(24-5-7-26-8-6-24)12-21-19(25)15-10-17-18(14(3)4)23-27-20(17)22-11-15/h10-11,13-14,16H,5-9,12H2,1-4H3,(H,21,25). The van der Waals surface area contributed by atoms with Crippen LogP contribution in [0.1, 0.15) is 56.1 Å². The first-order valence-electron chi connectivity index (χ1n) is 9.81. The zero-order valence-electron chi connectivity index (χ0n) is 16.7. The Morgan fingerprint density at radius 2 is 2.00 bits per heavy atom. The van der Waals surface area contributed by atoms with Crippen molar-refractivity contribution in [3.63, 3.8) is 0 Å². The second-order valence-electron chi connectivity index (χ2n) is 7.94. The van der Waals surface area contributed by atoms with Gasteiger partial charge in [-0.15, -0.1) is 0 Å². The number of aromatic nitrogens is 2. The molecule has 3 heterocycles. The van der Waals surface area contributed by atoms with E-state index in [0.29, 0.717) is 29.8 Å². The first-order chi connectivity index (χ1) is 13.0. The molecule has 0 saturated carbocycles. The normalized spacial score (nSPS) is 17.0. The van der Waals surface area contributed by atoms with Gasteiger partial charge in [0.05, 0.1) is 29.9 Å². The molecule has 1 saturated heterocycles. The summed E-state index contributed by atoms with van der Waals surface area (Å²) in [5, 5.41) is 7.98. The quantitative estimate of drug-likeness (QED) is 0.803. The molecule has 3 rings (SSSR count). The number of nitrogens with one attached hydrogen (secondary N) is 1. The molecule has 0 aliphatic carbocycles. The van der Waals surface area contributed by atoms with Crippen LogP contribution >= 0.6 is 0 Å². The SMILES string of the molecule is CC(C)CC(CNC(=O)c1cnc2onc(C(C)C)c2c1)N1CCOCC1. The molecular formula is C20H30N4O3. The Morgan fingerprint density at radius 1 is 1.26 bits per heavy atom. The third-order valence-corrected chi connectivity index (χ3v) is 4.97. The van der Waals surface area contributed by atoms with Crippen molar-refractivity contribution in [2.45, 2.75) is 46.1 Å². The van der Waals surface area contributed by atoms with E-state index in [-0.39, 0.29) is 11.8 Å². The minimum atomic E-state index is -0.109. The molecule has 0 spiro atoms. The van der Waals surface area contributed by atoms with Crippen molar-refractivity contribution < 1.29 is 14.1 Å². The van der Waals surface area contributed by atoms with E-state index in [0.717, 1.165) is 43.8 Å². The van der Waals surface area contributed by atoms with Gasteiger partial charge in [-0.2, -0.15) is 0 Å². The van der Waals surface area contributed by atoms with E-state index in [1.807, 2.05) is 19.9 Å². The van der Waals surface area contributed by atoms with Gasteiger partial charge in [0.1, 0.15) is 0 Å². The molecule has 1 fully saturated rings. The van der Waals surface area contributed by atoms with Crippen LogP contribution in [0.5, 0.6) is 0 Å². The van der Waals surface area contributed by atoms with Crippen molar-refractivity contribution in [3.05, 3.63) is 23.5 Å². The van der Waals surface area contributed by atoms with Gasteiger partial charge in [-0.1, -0.05) is 32.9 Å². The number of amides is 1. The first-order valence-corrected chi connectivity index (χ1v) is 9.81. The van der Waals surface area contributed by atoms with E-state index in [1.54, 1.807) is 6.20 Å². The second-order valence-corrected chi connectivity index (χ2v) is 7.94. The molecule has 148 valence electrons. The Morgan fingerprint density at radius 3 is 2.67 bits per heavy atom. The number of hydrogen-bond acceptors (Lipinski definition) is 6. The number of nitrogens with zero attached hydrogens (tertiary/aromatic N) is 3. The van der Waals surface area contributed by atoms with Crippen LogP contribution in [0.3, 0.4) is 0 Å². The van der Waals surface area contributed by atoms with Gasteiger partial charge in [0.15, 0.2) is 0 Å². The molecule has 2 aromatic heterocycles. The molecule has 7 nitrogen and oxygen atoms in total. The highest BCUT2D eigenvalue weighted by Gasteiger charge is 2.23. The van der Waals surface area contributed by atoms with E-state index < -0.39 is 0 Å². The summed E-state index contributed by atoms with van der Waals surface area (Å²) in [5.74, 6) is 0.670. The van der Waals surface area contributed by atoms with Crippen molar-refractivity contribution in [1.29, 1.82) is 0 Å². The molecule has 0 radical (unpaired) electrons. The van der Waals surface area contributed by atoms with Crippen molar-refractivity contribution in [3.8, 4) is 0 Å². The van der Waals surface area contributed by atoms with Crippen LogP contribution < -0.4 is 5.32 Å². The van der Waals surface area contributed by atoms with Crippen LogP contribution in [0.25, 0.3) is 11.1 Å². The number of pyridine rings is 1. The summed E-state index contributed by atoms with van der Waals surface area (Å²) in [6.07, 6.45) is 2.60. The summed E-state index contributed by atoms with van der Waals surface area (Å²) in [6, 6.07) is 2.15. The van der Waals surface area contributed by atoms with Gasteiger partial charge >= 0.3 is 0 Å². The van der Waals surface area contributed by atoms with Gasteiger partial charge in [-0.25, -0.2) is 4.98 Å². The number of fused-ring (bicyclic) bond motifs is 1. The van der Waals surface area contributed by atoms with Gasteiger partial charge in [0, 0.05) is 31.9 Å². The van der Waals surface area contributed by atoms with Crippen molar-refractivity contribution in [1.82, 2.24) is 20.4 Å². The fraction of sp³-hybridized carbons (Fsp3) is 0.650. The van der Waals surface area contributed by atoms with E-state index >= 15 is 0 Å². The Kier molecular flexibility index (Phi) is 6.44. The molecule has 1 atom stereocenters. The minimum absolute atomic E-state index is 0.109. The Balaban J connectivity index is 1.69. The number of rotatable bonds is 7. The van der Waals surface area contributed by atoms with Gasteiger partial charge in [0.25, 0.3) is 11.6 Å².